The van der Waals surface area contributed by atoms with Crippen LogP contribution in [0.25, 0.3) is 0 Å². The van der Waals surface area contributed by atoms with Crippen LogP contribution >= 0.6 is 0 Å². The van der Waals surface area contributed by atoms with Gasteiger partial charge in [0.1, 0.15) is 5.60 Å². The zero-order chi connectivity index (χ0) is 19.2. The molecule has 0 unspecified atom stereocenters. The lowest BCUT2D eigenvalue weighted by Crippen LogP contribution is -2.58. The van der Waals surface area contributed by atoms with E-state index < -0.39 is 11.6 Å². The van der Waals surface area contributed by atoms with Crippen molar-refractivity contribution >= 4 is 11.8 Å². The molecule has 146 valence electrons. The van der Waals surface area contributed by atoms with E-state index in [0.717, 1.165) is 24.8 Å². The number of aliphatic carboxylic acids is 1. The van der Waals surface area contributed by atoms with Crippen molar-refractivity contribution in [3.63, 3.8) is 0 Å². The highest BCUT2D eigenvalue weighted by molar-refractivity contribution is 5.92. The van der Waals surface area contributed by atoms with Gasteiger partial charge in [-0.2, -0.15) is 0 Å². The number of epoxide rings is 1. The quantitative estimate of drug-likeness (QED) is 0.744. The second-order valence-corrected chi connectivity index (χ2v) is 9.87. The fourth-order valence-corrected chi connectivity index (χ4v) is 7.27. The summed E-state index contributed by atoms with van der Waals surface area (Å²) in [4.78, 5) is 23.1. The molecule has 7 atom stereocenters. The van der Waals surface area contributed by atoms with Crippen LogP contribution in [-0.2, 0) is 14.3 Å². The van der Waals surface area contributed by atoms with E-state index in [1.54, 1.807) is 6.08 Å². The molecule has 0 aromatic heterocycles. The first-order valence-corrected chi connectivity index (χ1v) is 10.2. The predicted molar refractivity (Wildman–Crippen MR) is 97.9 cm³/mol. The third kappa shape index (κ3) is 1.97. The number of allylic oxidation sites excluding steroid dienone is 2. The fourth-order valence-electron chi connectivity index (χ4n) is 7.27. The third-order valence-corrected chi connectivity index (χ3v) is 8.97. The van der Waals surface area contributed by atoms with Crippen molar-refractivity contribution in [1.29, 1.82) is 0 Å². The first-order valence-electron chi connectivity index (χ1n) is 10.2. The van der Waals surface area contributed by atoms with Crippen molar-refractivity contribution in [1.82, 2.24) is 0 Å². The summed E-state index contributed by atoms with van der Waals surface area (Å²) < 4.78 is 6.47. The van der Waals surface area contributed by atoms with Gasteiger partial charge in [0.2, 0.25) is 0 Å². The van der Waals surface area contributed by atoms with E-state index in [0.29, 0.717) is 19.3 Å². The molecule has 3 fully saturated rings. The molecule has 0 aromatic rings. The van der Waals surface area contributed by atoms with Gasteiger partial charge in [0, 0.05) is 29.6 Å². The van der Waals surface area contributed by atoms with E-state index >= 15 is 0 Å². The Morgan fingerprint density at radius 3 is 2.85 bits per heavy atom. The highest BCUT2D eigenvalue weighted by Crippen LogP contribution is 2.75. The minimum Gasteiger partial charge on any atom is -0.481 e. The standard InChI is InChI=1S/C22H28O5/c1-19-8-5-14(23)11-13(19)3-4-16-15-6-9-21(26,10-7-18(24)25)20(15,2)12-17-22(16,19)27-17/h3-4,11,15-17,26H,5-10,12H2,1-2H3,(H,24,25)/t15-,16-,17+,19-,20-,21-,22-/m0/s1. The van der Waals surface area contributed by atoms with E-state index in [1.165, 1.54) is 0 Å². The second kappa shape index (κ2) is 5.12. The maximum absolute atomic E-state index is 12.0. The first-order chi connectivity index (χ1) is 12.7. The van der Waals surface area contributed by atoms with Crippen molar-refractivity contribution in [3.05, 3.63) is 23.8 Å². The topological polar surface area (TPSA) is 87.1 Å². The minimum atomic E-state index is -0.943. The number of hydrogen-bond donors (Lipinski definition) is 2. The van der Waals surface area contributed by atoms with Crippen molar-refractivity contribution in [2.24, 2.45) is 22.7 Å². The number of carboxylic acids is 1. The summed E-state index contributed by atoms with van der Waals surface area (Å²) >= 11 is 0. The molecular weight excluding hydrogens is 344 g/mol. The van der Waals surface area contributed by atoms with Crippen molar-refractivity contribution in [3.8, 4) is 0 Å². The summed E-state index contributed by atoms with van der Waals surface area (Å²) in [5, 5.41) is 20.6. The lowest BCUT2D eigenvalue weighted by atomic mass is 9.47. The van der Waals surface area contributed by atoms with Crippen molar-refractivity contribution in [2.45, 2.75) is 76.1 Å². The van der Waals surface area contributed by atoms with Crippen LogP contribution in [0.5, 0.6) is 0 Å². The molecular formula is C22H28O5. The lowest BCUT2D eigenvalue weighted by Gasteiger charge is -2.55. The van der Waals surface area contributed by atoms with Gasteiger partial charge in [-0.05, 0) is 49.7 Å². The minimum absolute atomic E-state index is 0.00267. The number of carbonyl (C=O) groups is 2. The molecule has 0 amide bonds. The van der Waals surface area contributed by atoms with Crippen LogP contribution < -0.4 is 0 Å². The maximum Gasteiger partial charge on any atom is 0.303 e. The van der Waals surface area contributed by atoms with Crippen LogP contribution in [0.4, 0.5) is 0 Å². The van der Waals surface area contributed by atoms with E-state index in [2.05, 4.69) is 26.0 Å². The van der Waals surface area contributed by atoms with Gasteiger partial charge >= 0.3 is 5.97 Å². The average Bonchev–Trinajstić information content (AvgIpc) is 3.26. The average molecular weight is 372 g/mol. The molecule has 1 spiro atoms. The Morgan fingerprint density at radius 2 is 2.11 bits per heavy atom. The zero-order valence-electron chi connectivity index (χ0n) is 16.0. The SMILES string of the molecule is C[C@]12CCC(=O)C=C1C=C[C@H]1[C@@H]3CC[C@](O)(CCC(=O)O)[C@@]3(C)C[C@H]3O[C@]312. The summed E-state index contributed by atoms with van der Waals surface area (Å²) in [5.74, 6) is -0.156. The van der Waals surface area contributed by atoms with Crippen molar-refractivity contribution < 1.29 is 24.5 Å². The number of carboxylic acid groups (broad SMARTS) is 1. The summed E-state index contributed by atoms with van der Waals surface area (Å²) in [6.07, 6.45) is 10.2. The van der Waals surface area contributed by atoms with Gasteiger partial charge in [0.15, 0.2) is 5.78 Å². The lowest BCUT2D eigenvalue weighted by molar-refractivity contribution is -0.142. The van der Waals surface area contributed by atoms with E-state index in [-0.39, 0.29) is 46.6 Å². The molecule has 1 aliphatic heterocycles. The van der Waals surface area contributed by atoms with Crippen LogP contribution in [-0.4, -0.2) is 39.3 Å². The number of aliphatic hydroxyl groups is 1. The summed E-state index contributed by atoms with van der Waals surface area (Å²) in [6.45, 7) is 4.39. The third-order valence-electron chi connectivity index (χ3n) is 8.97. The van der Waals surface area contributed by atoms with Crippen LogP contribution in [0, 0.1) is 22.7 Å². The number of hydrogen-bond acceptors (Lipinski definition) is 4. The van der Waals surface area contributed by atoms with Gasteiger partial charge in [-0.1, -0.05) is 26.0 Å². The Bertz CT molecular complexity index is 799. The Morgan fingerprint density at radius 1 is 1.33 bits per heavy atom. The molecule has 0 radical (unpaired) electrons. The highest BCUT2D eigenvalue weighted by atomic mass is 16.6. The summed E-state index contributed by atoms with van der Waals surface area (Å²) in [7, 11) is 0. The highest BCUT2D eigenvalue weighted by Gasteiger charge is 2.79. The van der Waals surface area contributed by atoms with Crippen LogP contribution in [0.3, 0.4) is 0 Å². The Kier molecular flexibility index (Phi) is 3.34. The molecule has 2 saturated carbocycles. The molecule has 4 aliphatic carbocycles. The van der Waals surface area contributed by atoms with Crippen LogP contribution in [0.2, 0.25) is 0 Å². The van der Waals surface area contributed by atoms with Gasteiger partial charge < -0.3 is 14.9 Å². The Balaban J connectivity index is 1.54. The zero-order valence-corrected chi connectivity index (χ0v) is 16.0. The van der Waals surface area contributed by atoms with Crippen LogP contribution in [0.15, 0.2) is 23.8 Å². The number of fused-ring (bicyclic) bond motifs is 3. The molecule has 1 heterocycles. The number of ketones is 1. The molecule has 0 bridgehead atoms. The summed E-state index contributed by atoms with van der Waals surface area (Å²) in [5.41, 5.74) is -0.573. The number of carbonyl (C=O) groups excluding carboxylic acids is 1. The van der Waals surface area contributed by atoms with Gasteiger partial charge in [0.25, 0.3) is 0 Å². The largest absolute Gasteiger partial charge is 0.481 e. The number of rotatable bonds is 3. The molecule has 5 rings (SSSR count). The normalized spacial score (nSPS) is 52.3. The molecule has 2 N–H and O–H groups in total. The molecule has 5 aliphatic rings. The van der Waals surface area contributed by atoms with E-state index in [9.17, 15) is 14.7 Å². The fraction of sp³-hybridized carbons (Fsp3) is 0.727. The van der Waals surface area contributed by atoms with Gasteiger partial charge in [0.05, 0.1) is 11.7 Å². The van der Waals surface area contributed by atoms with E-state index in [4.69, 9.17) is 9.84 Å². The molecule has 5 heteroatoms. The van der Waals surface area contributed by atoms with Crippen molar-refractivity contribution in [2.75, 3.05) is 0 Å². The maximum atomic E-state index is 12.0. The molecule has 5 nitrogen and oxygen atoms in total. The molecule has 0 aromatic carbocycles. The summed E-state index contributed by atoms with van der Waals surface area (Å²) in [6, 6.07) is 0. The van der Waals surface area contributed by atoms with Gasteiger partial charge in [-0.15, -0.1) is 0 Å². The van der Waals surface area contributed by atoms with E-state index in [1.807, 2.05) is 0 Å². The Hall–Kier alpha value is -1.46. The van der Waals surface area contributed by atoms with Crippen LogP contribution in [0.1, 0.15) is 58.8 Å². The van der Waals surface area contributed by atoms with Gasteiger partial charge in [-0.3, -0.25) is 9.59 Å². The monoisotopic (exact) mass is 372 g/mol. The first kappa shape index (κ1) is 17.6. The number of ether oxygens (including phenoxy) is 1. The smallest absolute Gasteiger partial charge is 0.303 e. The van der Waals surface area contributed by atoms with Gasteiger partial charge in [-0.25, -0.2) is 0 Å². The predicted octanol–water partition coefficient (Wildman–Crippen LogP) is 3.02. The second-order valence-electron chi connectivity index (χ2n) is 9.87. The molecule has 1 saturated heterocycles. The molecule has 27 heavy (non-hydrogen) atoms. The Labute approximate surface area is 159 Å².